The van der Waals surface area contributed by atoms with E-state index in [4.69, 9.17) is 16.1 Å². The average Bonchev–Trinajstić information content (AvgIpc) is 3.35. The predicted molar refractivity (Wildman–Crippen MR) is 148 cm³/mol. The van der Waals surface area contributed by atoms with Gasteiger partial charge in [-0.15, -0.1) is 0 Å². The van der Waals surface area contributed by atoms with Crippen molar-refractivity contribution in [3.05, 3.63) is 148 Å². The third kappa shape index (κ3) is 5.14. The van der Waals surface area contributed by atoms with Crippen LogP contribution in [0.15, 0.2) is 114 Å². The first-order valence-corrected chi connectivity index (χ1v) is 12.6. The Bertz CT molecular complexity index is 1550. The van der Waals surface area contributed by atoms with Crippen LogP contribution in [0.2, 0.25) is 5.02 Å². The van der Waals surface area contributed by atoms with Gasteiger partial charge in [0.2, 0.25) is 0 Å². The van der Waals surface area contributed by atoms with Crippen LogP contribution in [-0.4, -0.2) is 10.9 Å². The molecule has 1 atom stereocenters. The molecular weight excluding hydrogens is 494 g/mol. The van der Waals surface area contributed by atoms with Crippen LogP contribution in [0.25, 0.3) is 11.1 Å². The summed E-state index contributed by atoms with van der Waals surface area (Å²) in [5, 5.41) is 18.5. The number of rotatable bonds is 8. The Morgan fingerprint density at radius 3 is 2.05 bits per heavy atom. The second-order valence-corrected chi connectivity index (χ2v) is 9.31. The summed E-state index contributed by atoms with van der Waals surface area (Å²) in [5.41, 5.74) is 4.89. The number of nitrogens with zero attached hydrogens (tertiary/aromatic N) is 2. The van der Waals surface area contributed by atoms with Gasteiger partial charge in [0.05, 0.1) is 23.4 Å². The number of aromatic nitrogens is 1. The summed E-state index contributed by atoms with van der Waals surface area (Å²) < 4.78 is 5.77. The standard InChI is InChI=1S/C32H24ClN3O2/c1-21-29(26-14-8-9-15-27(26)31(37)24-16-18-25(33)19-17-24)32(38-36-21)28(20-34)35-30(22-10-4-2-5-11-22)23-12-6-3-7-13-23/h2-19,28,30,35H,1H3. The van der Waals surface area contributed by atoms with Crippen molar-refractivity contribution in [2.45, 2.75) is 19.0 Å². The van der Waals surface area contributed by atoms with E-state index in [-0.39, 0.29) is 11.8 Å². The van der Waals surface area contributed by atoms with Gasteiger partial charge in [-0.1, -0.05) is 102 Å². The maximum absolute atomic E-state index is 13.5. The van der Waals surface area contributed by atoms with Crippen LogP contribution in [0, 0.1) is 18.3 Å². The number of carbonyl (C=O) groups excluding carboxylic acids is 1. The molecule has 0 spiro atoms. The minimum atomic E-state index is -0.838. The first kappa shape index (κ1) is 25.2. The molecule has 0 aliphatic carbocycles. The molecule has 4 aromatic carbocycles. The lowest BCUT2D eigenvalue weighted by molar-refractivity contribution is 0.103. The Kier molecular flexibility index (Phi) is 7.46. The van der Waals surface area contributed by atoms with Crippen molar-refractivity contribution < 1.29 is 9.32 Å². The molecule has 5 rings (SSSR count). The molecule has 38 heavy (non-hydrogen) atoms. The Balaban J connectivity index is 1.57. The number of ketones is 1. The van der Waals surface area contributed by atoms with Crippen LogP contribution in [-0.2, 0) is 0 Å². The van der Waals surface area contributed by atoms with Crippen LogP contribution < -0.4 is 5.32 Å². The lowest BCUT2D eigenvalue weighted by Gasteiger charge is -2.22. The normalized spacial score (nSPS) is 11.7. The molecule has 0 fully saturated rings. The Morgan fingerprint density at radius 2 is 1.45 bits per heavy atom. The first-order valence-electron chi connectivity index (χ1n) is 12.2. The third-order valence-corrected chi connectivity index (χ3v) is 6.68. The van der Waals surface area contributed by atoms with Crippen molar-refractivity contribution in [3.63, 3.8) is 0 Å². The van der Waals surface area contributed by atoms with Gasteiger partial charge in [-0.25, -0.2) is 0 Å². The fourth-order valence-corrected chi connectivity index (χ4v) is 4.71. The molecule has 0 saturated carbocycles. The molecule has 1 heterocycles. The maximum atomic E-state index is 13.5. The molecule has 1 N–H and O–H groups in total. The molecule has 0 aliphatic rings. The minimum Gasteiger partial charge on any atom is -0.358 e. The molecule has 0 bridgehead atoms. The van der Waals surface area contributed by atoms with E-state index in [0.29, 0.717) is 38.7 Å². The molecule has 0 saturated heterocycles. The molecule has 186 valence electrons. The summed E-state index contributed by atoms with van der Waals surface area (Å²) in [6.07, 6.45) is 0. The van der Waals surface area contributed by atoms with Gasteiger partial charge in [-0.05, 0) is 47.9 Å². The van der Waals surface area contributed by atoms with E-state index in [2.05, 4.69) is 16.5 Å². The highest BCUT2D eigenvalue weighted by Gasteiger charge is 2.29. The molecule has 1 unspecified atom stereocenters. The van der Waals surface area contributed by atoms with Gasteiger partial charge in [-0.2, -0.15) is 5.26 Å². The zero-order chi connectivity index (χ0) is 26.5. The Hall–Kier alpha value is -4.50. The predicted octanol–water partition coefficient (Wildman–Crippen LogP) is 7.48. The number of hydrogen-bond donors (Lipinski definition) is 1. The fraction of sp³-hybridized carbons (Fsp3) is 0.0938. The van der Waals surface area contributed by atoms with Gasteiger partial charge in [0.15, 0.2) is 17.6 Å². The van der Waals surface area contributed by atoms with Crippen molar-refractivity contribution in [1.82, 2.24) is 10.5 Å². The zero-order valence-electron chi connectivity index (χ0n) is 20.6. The molecule has 0 radical (unpaired) electrons. The quantitative estimate of drug-likeness (QED) is 0.216. The van der Waals surface area contributed by atoms with Gasteiger partial charge >= 0.3 is 0 Å². The molecule has 5 aromatic rings. The van der Waals surface area contributed by atoms with E-state index in [1.54, 1.807) is 30.3 Å². The topological polar surface area (TPSA) is 78.9 Å². The van der Waals surface area contributed by atoms with Crippen LogP contribution in [0.1, 0.15) is 50.6 Å². The van der Waals surface area contributed by atoms with Crippen LogP contribution in [0.5, 0.6) is 0 Å². The largest absolute Gasteiger partial charge is 0.358 e. The van der Waals surface area contributed by atoms with E-state index in [1.165, 1.54) is 0 Å². The van der Waals surface area contributed by atoms with Gasteiger partial charge in [-0.3, -0.25) is 10.1 Å². The highest BCUT2D eigenvalue weighted by atomic mass is 35.5. The van der Waals surface area contributed by atoms with Gasteiger partial charge in [0, 0.05) is 16.1 Å². The average molecular weight is 518 g/mol. The highest BCUT2D eigenvalue weighted by Crippen LogP contribution is 2.36. The third-order valence-electron chi connectivity index (χ3n) is 6.43. The highest BCUT2D eigenvalue weighted by molar-refractivity contribution is 6.30. The number of nitriles is 1. The smallest absolute Gasteiger partial charge is 0.193 e. The first-order chi connectivity index (χ1) is 18.6. The molecular formula is C32H24ClN3O2. The number of aryl methyl sites for hydroxylation is 1. The fourth-order valence-electron chi connectivity index (χ4n) is 4.58. The summed E-state index contributed by atoms with van der Waals surface area (Å²) in [6.45, 7) is 1.81. The number of nitrogens with one attached hydrogen (secondary N) is 1. The summed E-state index contributed by atoms with van der Waals surface area (Å²) >= 11 is 6.03. The molecule has 0 aliphatic heterocycles. The molecule has 1 aromatic heterocycles. The second-order valence-electron chi connectivity index (χ2n) is 8.87. The van der Waals surface area contributed by atoms with Crippen LogP contribution in [0.3, 0.4) is 0 Å². The van der Waals surface area contributed by atoms with Gasteiger partial charge in [0.1, 0.15) is 0 Å². The van der Waals surface area contributed by atoms with E-state index >= 15 is 0 Å². The molecule has 0 amide bonds. The summed E-state index contributed by atoms with van der Waals surface area (Å²) in [6, 6.07) is 35.2. The van der Waals surface area contributed by atoms with Gasteiger partial charge < -0.3 is 4.52 Å². The van der Waals surface area contributed by atoms with Crippen molar-refractivity contribution >= 4 is 17.4 Å². The monoisotopic (exact) mass is 517 g/mol. The van der Waals surface area contributed by atoms with E-state index in [1.807, 2.05) is 85.8 Å². The minimum absolute atomic E-state index is 0.156. The Morgan fingerprint density at radius 1 is 0.868 bits per heavy atom. The number of hydrogen-bond acceptors (Lipinski definition) is 5. The lowest BCUT2D eigenvalue weighted by atomic mass is 9.91. The number of benzene rings is 4. The second kappa shape index (κ2) is 11.3. The summed E-state index contributed by atoms with van der Waals surface area (Å²) in [4.78, 5) is 13.5. The number of halogens is 1. The zero-order valence-corrected chi connectivity index (χ0v) is 21.4. The van der Waals surface area contributed by atoms with Crippen molar-refractivity contribution in [3.8, 4) is 17.2 Å². The van der Waals surface area contributed by atoms with E-state index < -0.39 is 6.04 Å². The maximum Gasteiger partial charge on any atom is 0.193 e. The number of carbonyl (C=O) groups is 1. The SMILES string of the molecule is Cc1noc(C(C#N)NC(c2ccccc2)c2ccccc2)c1-c1ccccc1C(=O)c1ccc(Cl)cc1. The summed E-state index contributed by atoms with van der Waals surface area (Å²) in [5.74, 6) is 0.204. The molecule has 5 nitrogen and oxygen atoms in total. The van der Waals surface area contributed by atoms with E-state index in [9.17, 15) is 10.1 Å². The molecule has 6 heteroatoms. The summed E-state index contributed by atoms with van der Waals surface area (Å²) in [7, 11) is 0. The van der Waals surface area contributed by atoms with Gasteiger partial charge in [0.25, 0.3) is 0 Å². The Labute approximate surface area is 226 Å². The van der Waals surface area contributed by atoms with Crippen LogP contribution in [0.4, 0.5) is 0 Å². The van der Waals surface area contributed by atoms with E-state index in [0.717, 1.165) is 11.1 Å². The van der Waals surface area contributed by atoms with Crippen molar-refractivity contribution in [2.24, 2.45) is 0 Å². The van der Waals surface area contributed by atoms with Crippen molar-refractivity contribution in [1.29, 1.82) is 5.26 Å². The van der Waals surface area contributed by atoms with Crippen molar-refractivity contribution in [2.75, 3.05) is 0 Å². The lowest BCUT2D eigenvalue weighted by Crippen LogP contribution is -2.26. The van der Waals surface area contributed by atoms with Crippen LogP contribution >= 0.6 is 11.6 Å².